The smallest absolute Gasteiger partial charge is 0.161 e. The second kappa shape index (κ2) is 8.08. The maximum atomic E-state index is 5.56. The average molecular weight is 447 g/mol. The number of nitrogens with zero attached hydrogens (tertiary/aromatic N) is 2. The molecule has 6 rings (SSSR count). The molecule has 5 heterocycles. The zero-order valence-electron chi connectivity index (χ0n) is 18.8. The Morgan fingerprint density at radius 3 is 1.62 bits per heavy atom. The molecule has 0 saturated heterocycles. The maximum absolute atomic E-state index is 5.56. The SMILES string of the molecule is COc1ccc(-c2c3nc(cc4ccc(cc5ccc(cc6nc2C=C6)[nH]5)[nH]4)C=C3)cc1OC. The number of rotatable bonds is 3. The van der Waals surface area contributed by atoms with E-state index in [0.29, 0.717) is 11.5 Å². The van der Waals surface area contributed by atoms with Gasteiger partial charge >= 0.3 is 0 Å². The van der Waals surface area contributed by atoms with Crippen molar-refractivity contribution in [1.29, 1.82) is 0 Å². The number of nitrogens with one attached hydrogen (secondary N) is 2. The van der Waals surface area contributed by atoms with Gasteiger partial charge in [-0.2, -0.15) is 0 Å². The Labute approximate surface area is 196 Å². The van der Waals surface area contributed by atoms with Crippen molar-refractivity contribution in [3.8, 4) is 22.6 Å². The molecule has 2 aliphatic heterocycles. The van der Waals surface area contributed by atoms with Crippen LogP contribution in [0.5, 0.6) is 11.5 Å². The van der Waals surface area contributed by atoms with Gasteiger partial charge < -0.3 is 19.4 Å². The third kappa shape index (κ3) is 3.65. The fourth-order valence-corrected chi connectivity index (χ4v) is 4.30. The van der Waals surface area contributed by atoms with Crippen LogP contribution in [0, 0.1) is 0 Å². The summed E-state index contributed by atoms with van der Waals surface area (Å²) in [5.74, 6) is 1.33. The van der Waals surface area contributed by atoms with Crippen LogP contribution in [0.15, 0.2) is 60.7 Å². The molecule has 0 fully saturated rings. The fourth-order valence-electron chi connectivity index (χ4n) is 4.30. The minimum Gasteiger partial charge on any atom is -0.493 e. The number of aromatic amines is 2. The highest BCUT2D eigenvalue weighted by Gasteiger charge is 2.16. The second-order valence-corrected chi connectivity index (χ2v) is 8.13. The molecule has 8 bridgehead atoms. The van der Waals surface area contributed by atoms with Gasteiger partial charge in [-0.25, -0.2) is 9.97 Å². The lowest BCUT2D eigenvalue weighted by atomic mass is 10.0. The molecule has 0 atom stereocenters. The summed E-state index contributed by atoms with van der Waals surface area (Å²) in [6.45, 7) is 0. The van der Waals surface area contributed by atoms with Crippen molar-refractivity contribution < 1.29 is 9.47 Å². The first-order valence-corrected chi connectivity index (χ1v) is 11.0. The maximum Gasteiger partial charge on any atom is 0.161 e. The van der Waals surface area contributed by atoms with Gasteiger partial charge in [-0.05, 0) is 84.5 Å². The second-order valence-electron chi connectivity index (χ2n) is 8.13. The summed E-state index contributed by atoms with van der Waals surface area (Å²) in [6.07, 6.45) is 8.10. The van der Waals surface area contributed by atoms with Crippen LogP contribution >= 0.6 is 0 Å². The molecule has 0 radical (unpaired) electrons. The number of H-pyrrole nitrogens is 2. The Hall–Kier alpha value is -4.58. The largest absolute Gasteiger partial charge is 0.493 e. The third-order valence-corrected chi connectivity index (χ3v) is 5.89. The first-order chi connectivity index (χ1) is 16.7. The number of hydrogen-bond donors (Lipinski definition) is 2. The highest BCUT2D eigenvalue weighted by atomic mass is 16.5. The molecule has 0 spiro atoms. The van der Waals surface area contributed by atoms with E-state index < -0.39 is 0 Å². The van der Waals surface area contributed by atoms with Gasteiger partial charge in [0.25, 0.3) is 0 Å². The van der Waals surface area contributed by atoms with Gasteiger partial charge in [0.05, 0.1) is 37.0 Å². The van der Waals surface area contributed by atoms with E-state index in [2.05, 4.69) is 40.3 Å². The van der Waals surface area contributed by atoms with Crippen molar-refractivity contribution in [2.45, 2.75) is 0 Å². The molecule has 34 heavy (non-hydrogen) atoms. The van der Waals surface area contributed by atoms with E-state index in [4.69, 9.17) is 19.4 Å². The van der Waals surface area contributed by atoms with E-state index in [0.717, 1.165) is 56.0 Å². The zero-order chi connectivity index (χ0) is 23.1. The van der Waals surface area contributed by atoms with Crippen molar-refractivity contribution in [2.75, 3.05) is 14.2 Å². The Bertz CT molecular complexity index is 1550. The number of hydrogen-bond acceptors (Lipinski definition) is 4. The van der Waals surface area contributed by atoms with E-state index in [1.165, 1.54) is 0 Å². The normalized spacial score (nSPS) is 12.2. The van der Waals surface area contributed by atoms with Crippen LogP contribution in [-0.2, 0) is 0 Å². The van der Waals surface area contributed by atoms with Crippen LogP contribution < -0.4 is 9.47 Å². The molecule has 0 saturated carbocycles. The molecule has 0 unspecified atom stereocenters. The molecule has 2 N–H and O–H groups in total. The van der Waals surface area contributed by atoms with Crippen LogP contribution in [0.1, 0.15) is 22.8 Å². The number of aromatic nitrogens is 4. The van der Waals surface area contributed by atoms with E-state index in [1.807, 2.05) is 54.6 Å². The summed E-state index contributed by atoms with van der Waals surface area (Å²) >= 11 is 0. The summed E-state index contributed by atoms with van der Waals surface area (Å²) in [4.78, 5) is 16.7. The van der Waals surface area contributed by atoms with Crippen molar-refractivity contribution in [2.24, 2.45) is 0 Å². The van der Waals surface area contributed by atoms with Crippen LogP contribution in [0.25, 0.3) is 57.5 Å². The Kier molecular flexibility index (Phi) is 4.77. The highest BCUT2D eigenvalue weighted by Crippen LogP contribution is 2.36. The number of methoxy groups -OCH3 is 2. The number of ether oxygens (including phenoxy) is 2. The molecular weight excluding hydrogens is 424 g/mol. The average Bonchev–Trinajstić information content (AvgIpc) is 3.65. The van der Waals surface area contributed by atoms with Gasteiger partial charge in [-0.1, -0.05) is 6.07 Å². The van der Waals surface area contributed by atoms with Gasteiger partial charge in [0, 0.05) is 27.6 Å². The summed E-state index contributed by atoms with van der Waals surface area (Å²) in [5.41, 5.74) is 9.32. The fraction of sp³-hybridized carbons (Fsp3) is 0.0714. The molecule has 6 nitrogen and oxygen atoms in total. The number of benzene rings is 1. The molecule has 1 aromatic carbocycles. The van der Waals surface area contributed by atoms with Crippen molar-refractivity contribution in [3.05, 3.63) is 83.4 Å². The highest BCUT2D eigenvalue weighted by molar-refractivity contribution is 5.89. The predicted molar refractivity (Wildman–Crippen MR) is 137 cm³/mol. The molecule has 0 amide bonds. The van der Waals surface area contributed by atoms with Gasteiger partial charge in [-0.3, -0.25) is 0 Å². The molecule has 0 aliphatic carbocycles. The lowest BCUT2D eigenvalue weighted by Crippen LogP contribution is -1.93. The van der Waals surface area contributed by atoms with Crippen LogP contribution in [0.2, 0.25) is 0 Å². The standard InChI is InChI=1S/C28H22N4O2/c1-33-26-12-3-17(13-27(26)34-2)28-24-10-8-22(31-24)15-20-6-4-18(29-20)14-19-5-7-21(30-19)16-23-9-11-25(28)32-23/h3-16,29-30H,1-2H3. The Morgan fingerprint density at radius 1 is 0.559 bits per heavy atom. The minimum atomic E-state index is 0.658. The zero-order valence-corrected chi connectivity index (χ0v) is 18.8. The van der Waals surface area contributed by atoms with Crippen molar-refractivity contribution in [3.63, 3.8) is 0 Å². The predicted octanol–water partition coefficient (Wildman–Crippen LogP) is 6.34. The van der Waals surface area contributed by atoms with Gasteiger partial charge in [0.15, 0.2) is 11.5 Å². The summed E-state index contributed by atoms with van der Waals surface area (Å²) in [5, 5.41) is 0. The summed E-state index contributed by atoms with van der Waals surface area (Å²) in [7, 11) is 3.27. The molecular formula is C28H22N4O2. The monoisotopic (exact) mass is 446 g/mol. The van der Waals surface area contributed by atoms with Gasteiger partial charge in [0.2, 0.25) is 0 Å². The quantitative estimate of drug-likeness (QED) is 0.333. The van der Waals surface area contributed by atoms with Gasteiger partial charge in [-0.15, -0.1) is 0 Å². The Morgan fingerprint density at radius 2 is 1.09 bits per heavy atom. The third-order valence-electron chi connectivity index (χ3n) is 5.89. The topological polar surface area (TPSA) is 75.8 Å². The molecule has 166 valence electrons. The number of fused-ring (bicyclic) bond motifs is 8. The van der Waals surface area contributed by atoms with E-state index in [-0.39, 0.29) is 0 Å². The molecule has 3 aromatic heterocycles. The van der Waals surface area contributed by atoms with Crippen molar-refractivity contribution in [1.82, 2.24) is 19.9 Å². The van der Waals surface area contributed by atoms with E-state index in [1.54, 1.807) is 14.2 Å². The summed E-state index contributed by atoms with van der Waals surface area (Å²) in [6, 6.07) is 20.3. The van der Waals surface area contributed by atoms with Crippen LogP contribution in [0.3, 0.4) is 0 Å². The molecule has 2 aliphatic rings. The van der Waals surface area contributed by atoms with E-state index in [9.17, 15) is 0 Å². The molecule has 4 aromatic rings. The molecule has 6 heteroatoms. The van der Waals surface area contributed by atoms with E-state index >= 15 is 0 Å². The lowest BCUT2D eigenvalue weighted by molar-refractivity contribution is 0.355. The van der Waals surface area contributed by atoms with Crippen LogP contribution in [-0.4, -0.2) is 34.2 Å². The minimum absolute atomic E-state index is 0.658. The first kappa shape index (κ1) is 20.1. The van der Waals surface area contributed by atoms with Crippen LogP contribution in [0.4, 0.5) is 0 Å². The summed E-state index contributed by atoms with van der Waals surface area (Å²) < 4.78 is 11.0. The Balaban J connectivity index is 1.68. The lowest BCUT2D eigenvalue weighted by Gasteiger charge is -2.11. The van der Waals surface area contributed by atoms with Crippen molar-refractivity contribution >= 4 is 46.4 Å². The van der Waals surface area contributed by atoms with Gasteiger partial charge in [0.1, 0.15) is 0 Å². The first-order valence-electron chi connectivity index (χ1n) is 11.0.